The molecule has 0 aliphatic carbocycles. The average molecular weight is 334 g/mol. The minimum Gasteiger partial charge on any atom is -0.394 e. The van der Waals surface area contributed by atoms with E-state index in [2.05, 4.69) is 33.0 Å². The van der Waals surface area contributed by atoms with Crippen molar-refractivity contribution in [3.05, 3.63) is 35.9 Å². The van der Waals surface area contributed by atoms with Crippen LogP contribution in [0.5, 0.6) is 0 Å². The normalized spacial score (nSPS) is 27.8. The third kappa shape index (κ3) is 4.12. The quantitative estimate of drug-likeness (QED) is 0.415. The summed E-state index contributed by atoms with van der Waals surface area (Å²) in [5.41, 5.74) is 1.17. The molecule has 0 aromatic heterocycles. The summed E-state index contributed by atoms with van der Waals surface area (Å²) < 4.78 is 0. The molecule has 24 heavy (non-hydrogen) atoms. The van der Waals surface area contributed by atoms with Crippen LogP contribution in [0.1, 0.15) is 5.56 Å². The molecule has 0 saturated carbocycles. The Bertz CT molecular complexity index is 542. The second-order valence-corrected chi connectivity index (χ2v) is 6.61. The highest BCUT2D eigenvalue weighted by atomic mass is 16.3. The van der Waals surface area contributed by atoms with Crippen LogP contribution < -0.4 is 16.0 Å². The lowest BCUT2D eigenvalue weighted by Gasteiger charge is -2.33. The number of aliphatic hydroxyl groups is 2. The number of nitrogens with zero attached hydrogens (tertiary/aromatic N) is 1. The van der Waals surface area contributed by atoms with Crippen molar-refractivity contribution < 1.29 is 15.0 Å². The van der Waals surface area contributed by atoms with Crippen molar-refractivity contribution in [3.63, 3.8) is 0 Å². The summed E-state index contributed by atoms with van der Waals surface area (Å²) in [5, 5.41) is 28.5. The number of hydrogen-bond donors (Lipinski definition) is 5. The van der Waals surface area contributed by atoms with Crippen LogP contribution in [0.4, 0.5) is 0 Å². The summed E-state index contributed by atoms with van der Waals surface area (Å²) in [7, 11) is 0. The highest BCUT2D eigenvalue weighted by Crippen LogP contribution is 2.20. The van der Waals surface area contributed by atoms with Crippen LogP contribution in [0.15, 0.2) is 30.3 Å². The van der Waals surface area contributed by atoms with Gasteiger partial charge >= 0.3 is 0 Å². The molecule has 3 unspecified atom stereocenters. The minimum absolute atomic E-state index is 0.0475. The lowest BCUT2D eigenvalue weighted by molar-refractivity contribution is -0.125. The molecule has 7 nitrogen and oxygen atoms in total. The second-order valence-electron chi connectivity index (χ2n) is 6.61. The van der Waals surface area contributed by atoms with E-state index in [4.69, 9.17) is 0 Å². The standard InChI is InChI=1S/C17H26N4O3/c22-10-14(23)9-21(7-12-4-2-1-3-5-12)8-13-6-18-16-15(13)19-11-20-17(16)24/h1-5,13-16,18-19,22-23H,6-11H2,(H,20,24)/t13?,14-,15?,16?/m1/s1. The number of aliphatic hydroxyl groups excluding tert-OH is 2. The number of fused-ring (bicyclic) bond motifs is 1. The lowest BCUT2D eigenvalue weighted by Crippen LogP contribution is -2.61. The third-order valence-electron chi connectivity index (χ3n) is 4.77. The zero-order valence-corrected chi connectivity index (χ0v) is 13.7. The number of carbonyl (C=O) groups excluding carboxylic acids is 1. The number of nitrogens with one attached hydrogen (secondary N) is 3. The Morgan fingerprint density at radius 3 is 2.79 bits per heavy atom. The highest BCUT2D eigenvalue weighted by molar-refractivity contribution is 5.83. The Kier molecular flexibility index (Phi) is 5.80. The van der Waals surface area contributed by atoms with Crippen LogP contribution in [0, 0.1) is 5.92 Å². The molecule has 3 rings (SSSR count). The van der Waals surface area contributed by atoms with Gasteiger partial charge < -0.3 is 20.8 Å². The van der Waals surface area contributed by atoms with Gasteiger partial charge in [-0.05, 0) is 5.56 Å². The molecule has 0 spiro atoms. The largest absolute Gasteiger partial charge is 0.394 e. The van der Waals surface area contributed by atoms with Crippen molar-refractivity contribution in [1.82, 2.24) is 20.9 Å². The maximum atomic E-state index is 11.9. The molecule has 2 fully saturated rings. The number of amides is 1. The molecule has 2 aliphatic rings. The third-order valence-corrected chi connectivity index (χ3v) is 4.77. The molecule has 1 aromatic carbocycles. The fourth-order valence-electron chi connectivity index (χ4n) is 3.62. The van der Waals surface area contributed by atoms with Crippen molar-refractivity contribution in [2.45, 2.75) is 24.7 Å². The maximum absolute atomic E-state index is 11.9. The Morgan fingerprint density at radius 1 is 1.25 bits per heavy atom. The van der Waals surface area contributed by atoms with E-state index in [-0.39, 0.29) is 30.5 Å². The van der Waals surface area contributed by atoms with Gasteiger partial charge in [0.25, 0.3) is 0 Å². The van der Waals surface area contributed by atoms with Crippen molar-refractivity contribution in [2.75, 3.05) is 32.9 Å². The molecule has 7 heteroatoms. The van der Waals surface area contributed by atoms with E-state index < -0.39 is 6.10 Å². The molecule has 1 amide bonds. The van der Waals surface area contributed by atoms with Crippen LogP contribution in [0.3, 0.4) is 0 Å². The molecular formula is C17H26N4O3. The van der Waals surface area contributed by atoms with Crippen LogP contribution in [-0.2, 0) is 11.3 Å². The fourth-order valence-corrected chi connectivity index (χ4v) is 3.62. The van der Waals surface area contributed by atoms with Crippen LogP contribution in [-0.4, -0.2) is 72.1 Å². The first-order valence-electron chi connectivity index (χ1n) is 8.47. The highest BCUT2D eigenvalue weighted by Gasteiger charge is 2.42. The summed E-state index contributed by atoms with van der Waals surface area (Å²) in [6.07, 6.45) is -0.763. The summed E-state index contributed by atoms with van der Waals surface area (Å²) in [5.74, 6) is 0.321. The fraction of sp³-hybridized carbons (Fsp3) is 0.588. The average Bonchev–Trinajstić information content (AvgIpc) is 3.00. The monoisotopic (exact) mass is 334 g/mol. The molecule has 2 heterocycles. The van der Waals surface area contributed by atoms with Crippen molar-refractivity contribution in [1.29, 1.82) is 0 Å². The van der Waals surface area contributed by atoms with Crippen molar-refractivity contribution >= 4 is 5.91 Å². The van der Waals surface area contributed by atoms with E-state index in [0.717, 1.165) is 13.1 Å². The Hall–Kier alpha value is -1.51. The van der Waals surface area contributed by atoms with E-state index in [1.54, 1.807) is 0 Å². The van der Waals surface area contributed by atoms with E-state index in [1.165, 1.54) is 5.56 Å². The first kappa shape index (κ1) is 17.3. The van der Waals surface area contributed by atoms with E-state index in [9.17, 15) is 15.0 Å². The van der Waals surface area contributed by atoms with Crippen molar-refractivity contribution in [2.24, 2.45) is 5.92 Å². The molecular weight excluding hydrogens is 308 g/mol. The van der Waals surface area contributed by atoms with E-state index >= 15 is 0 Å². The summed E-state index contributed by atoms with van der Waals surface area (Å²) in [4.78, 5) is 14.1. The summed E-state index contributed by atoms with van der Waals surface area (Å²) in [6, 6.07) is 9.99. The SMILES string of the molecule is O=C1NCNC2C(CN(Cc3ccccc3)C[C@@H](O)CO)CNC12. The van der Waals surface area contributed by atoms with Gasteiger partial charge in [0.2, 0.25) is 5.91 Å². The number of carbonyl (C=O) groups is 1. The number of benzene rings is 1. The smallest absolute Gasteiger partial charge is 0.239 e. The van der Waals surface area contributed by atoms with Gasteiger partial charge in [-0.25, -0.2) is 0 Å². The first-order chi connectivity index (χ1) is 11.7. The zero-order valence-electron chi connectivity index (χ0n) is 13.7. The van der Waals surface area contributed by atoms with Gasteiger partial charge in [-0.3, -0.25) is 15.0 Å². The predicted molar refractivity (Wildman–Crippen MR) is 90.0 cm³/mol. The van der Waals surface area contributed by atoms with Gasteiger partial charge in [-0.15, -0.1) is 0 Å². The molecule has 0 radical (unpaired) electrons. The molecule has 4 atom stereocenters. The van der Waals surface area contributed by atoms with Gasteiger partial charge in [0.15, 0.2) is 0 Å². The second kappa shape index (κ2) is 8.04. The summed E-state index contributed by atoms with van der Waals surface area (Å²) >= 11 is 0. The van der Waals surface area contributed by atoms with E-state index in [1.807, 2.05) is 18.2 Å². The molecule has 2 aliphatic heterocycles. The molecule has 1 aromatic rings. The Balaban J connectivity index is 1.65. The topological polar surface area (TPSA) is 96.9 Å². The maximum Gasteiger partial charge on any atom is 0.239 e. The van der Waals surface area contributed by atoms with Gasteiger partial charge in [0.1, 0.15) is 6.04 Å². The van der Waals surface area contributed by atoms with Crippen LogP contribution in [0.2, 0.25) is 0 Å². The first-order valence-corrected chi connectivity index (χ1v) is 8.47. The molecule has 132 valence electrons. The minimum atomic E-state index is -0.763. The predicted octanol–water partition coefficient (Wildman–Crippen LogP) is -1.52. The zero-order chi connectivity index (χ0) is 16.9. The Morgan fingerprint density at radius 2 is 2.04 bits per heavy atom. The Labute approximate surface area is 142 Å². The number of rotatable bonds is 7. The van der Waals surface area contributed by atoms with Crippen molar-refractivity contribution in [3.8, 4) is 0 Å². The van der Waals surface area contributed by atoms with Gasteiger partial charge in [-0.1, -0.05) is 30.3 Å². The molecule has 5 N–H and O–H groups in total. The van der Waals surface area contributed by atoms with Gasteiger partial charge in [0.05, 0.1) is 19.4 Å². The van der Waals surface area contributed by atoms with Crippen LogP contribution in [0.25, 0.3) is 0 Å². The summed E-state index contributed by atoms with van der Waals surface area (Å²) in [6.45, 7) is 2.87. The van der Waals surface area contributed by atoms with Crippen LogP contribution >= 0.6 is 0 Å². The van der Waals surface area contributed by atoms with Gasteiger partial charge in [0, 0.05) is 38.1 Å². The molecule has 2 saturated heterocycles. The van der Waals surface area contributed by atoms with E-state index in [0.29, 0.717) is 19.8 Å². The lowest BCUT2D eigenvalue weighted by atomic mass is 9.96. The number of hydrogen-bond acceptors (Lipinski definition) is 6. The molecule has 0 bridgehead atoms. The van der Waals surface area contributed by atoms with Gasteiger partial charge in [-0.2, -0.15) is 0 Å².